The Balaban J connectivity index is 2.71. The van der Waals surface area contributed by atoms with Crippen LogP contribution in [0.3, 0.4) is 0 Å². The molecule has 6 heteroatoms. The summed E-state index contributed by atoms with van der Waals surface area (Å²) >= 11 is 0.984. The summed E-state index contributed by atoms with van der Waals surface area (Å²) in [4.78, 5) is 23.2. The smallest absolute Gasteiger partial charge is 0.325 e. The molecule has 0 aromatic carbocycles. The Labute approximate surface area is 73.2 Å². The molecule has 0 spiro atoms. The molecular formula is C6H9N3O2S. The number of hydrogen-bond donors (Lipinski definition) is 0. The van der Waals surface area contributed by atoms with Gasteiger partial charge in [0.15, 0.2) is 0 Å². The van der Waals surface area contributed by atoms with Crippen LogP contribution in [0.4, 0.5) is 0 Å². The van der Waals surface area contributed by atoms with Crippen LogP contribution in [0, 0.1) is 0 Å². The van der Waals surface area contributed by atoms with Crippen molar-refractivity contribution < 1.29 is 4.79 Å². The predicted molar refractivity (Wildman–Crippen MR) is 45.1 cm³/mol. The van der Waals surface area contributed by atoms with E-state index in [1.165, 1.54) is 10.4 Å². The Kier molecular flexibility index (Phi) is 2.59. The maximum atomic E-state index is 11.1. The number of nitrogens with zero attached hydrogens (tertiary/aromatic N) is 3. The van der Waals surface area contributed by atoms with Crippen LogP contribution in [0.25, 0.3) is 0 Å². The first-order chi connectivity index (χ1) is 5.61. The van der Waals surface area contributed by atoms with Gasteiger partial charge in [-0.15, -0.1) is 0 Å². The molecule has 1 aromatic rings. The SMILES string of the molecule is CN(C)C(=O)Cn1ncsc1=O. The van der Waals surface area contributed by atoms with Crippen LogP contribution in [0.2, 0.25) is 0 Å². The fourth-order valence-corrected chi connectivity index (χ4v) is 1.09. The van der Waals surface area contributed by atoms with Gasteiger partial charge in [0.1, 0.15) is 12.1 Å². The lowest BCUT2D eigenvalue weighted by Crippen LogP contribution is -2.30. The Morgan fingerprint density at radius 2 is 2.42 bits per heavy atom. The maximum absolute atomic E-state index is 11.1. The standard InChI is InChI=1S/C6H9N3O2S/c1-8(2)5(10)3-9-6(11)12-4-7-9/h4H,3H2,1-2H3. The fourth-order valence-electron chi connectivity index (χ4n) is 0.608. The van der Waals surface area contributed by atoms with Gasteiger partial charge in [0.25, 0.3) is 0 Å². The Hall–Kier alpha value is -1.17. The van der Waals surface area contributed by atoms with Crippen molar-refractivity contribution in [2.75, 3.05) is 14.1 Å². The fraction of sp³-hybridized carbons (Fsp3) is 0.500. The van der Waals surface area contributed by atoms with Crippen molar-refractivity contribution in [2.24, 2.45) is 0 Å². The molecule has 0 saturated heterocycles. The van der Waals surface area contributed by atoms with Crippen molar-refractivity contribution in [3.63, 3.8) is 0 Å². The van der Waals surface area contributed by atoms with Crippen molar-refractivity contribution in [1.82, 2.24) is 14.7 Å². The lowest BCUT2D eigenvalue weighted by molar-refractivity contribution is -0.129. The third kappa shape index (κ3) is 1.91. The quantitative estimate of drug-likeness (QED) is 0.621. The Morgan fingerprint density at radius 3 is 2.83 bits per heavy atom. The summed E-state index contributed by atoms with van der Waals surface area (Å²) in [7, 11) is 3.28. The molecule has 0 N–H and O–H groups in total. The molecule has 5 nitrogen and oxygen atoms in total. The van der Waals surface area contributed by atoms with E-state index in [4.69, 9.17) is 0 Å². The highest BCUT2D eigenvalue weighted by molar-refractivity contribution is 7.06. The summed E-state index contributed by atoms with van der Waals surface area (Å²) in [5, 5.41) is 3.71. The zero-order chi connectivity index (χ0) is 9.14. The predicted octanol–water partition coefficient (Wildman–Crippen LogP) is -0.607. The summed E-state index contributed by atoms with van der Waals surface area (Å²) in [6.45, 7) is 0.0231. The molecule has 1 rings (SSSR count). The zero-order valence-electron chi connectivity index (χ0n) is 6.85. The lowest BCUT2D eigenvalue weighted by Gasteiger charge is -2.08. The number of amides is 1. The summed E-state index contributed by atoms with van der Waals surface area (Å²) in [5.74, 6) is -0.136. The van der Waals surface area contributed by atoms with E-state index >= 15 is 0 Å². The molecule has 1 heterocycles. The van der Waals surface area contributed by atoms with Gasteiger partial charge in [0.2, 0.25) is 5.91 Å². The van der Waals surface area contributed by atoms with Crippen LogP contribution in [0.1, 0.15) is 0 Å². The van der Waals surface area contributed by atoms with Crippen molar-refractivity contribution in [3.05, 3.63) is 15.2 Å². The van der Waals surface area contributed by atoms with Crippen LogP contribution in [0.5, 0.6) is 0 Å². The highest BCUT2D eigenvalue weighted by atomic mass is 32.1. The molecular weight excluding hydrogens is 178 g/mol. The first-order valence-electron chi connectivity index (χ1n) is 3.32. The monoisotopic (exact) mass is 187 g/mol. The number of rotatable bonds is 2. The van der Waals surface area contributed by atoms with E-state index in [2.05, 4.69) is 5.10 Å². The third-order valence-electron chi connectivity index (χ3n) is 1.33. The van der Waals surface area contributed by atoms with Gasteiger partial charge in [-0.1, -0.05) is 11.3 Å². The number of hydrogen-bond acceptors (Lipinski definition) is 4. The van der Waals surface area contributed by atoms with Crippen LogP contribution in [-0.2, 0) is 11.3 Å². The summed E-state index contributed by atoms with van der Waals surface area (Å²) in [5.41, 5.74) is 1.42. The number of likely N-dealkylation sites (N-methyl/N-ethyl adjacent to an activating group) is 1. The topological polar surface area (TPSA) is 55.2 Å². The second-order valence-electron chi connectivity index (χ2n) is 2.45. The largest absolute Gasteiger partial charge is 0.347 e. The molecule has 0 saturated carbocycles. The van der Waals surface area contributed by atoms with E-state index < -0.39 is 0 Å². The van der Waals surface area contributed by atoms with E-state index in [1.54, 1.807) is 14.1 Å². The molecule has 0 aliphatic rings. The maximum Gasteiger partial charge on any atom is 0.325 e. The molecule has 0 aliphatic carbocycles. The average molecular weight is 187 g/mol. The molecule has 1 amide bonds. The molecule has 0 unspecified atom stereocenters. The van der Waals surface area contributed by atoms with Crippen LogP contribution in [-0.4, -0.2) is 34.7 Å². The first-order valence-corrected chi connectivity index (χ1v) is 4.20. The van der Waals surface area contributed by atoms with Gasteiger partial charge in [0, 0.05) is 14.1 Å². The van der Waals surface area contributed by atoms with Crippen LogP contribution < -0.4 is 4.87 Å². The lowest BCUT2D eigenvalue weighted by atomic mass is 10.5. The van der Waals surface area contributed by atoms with Gasteiger partial charge < -0.3 is 4.90 Å². The number of carbonyl (C=O) groups is 1. The molecule has 0 aliphatic heterocycles. The first kappa shape index (κ1) is 8.92. The van der Waals surface area contributed by atoms with Crippen molar-refractivity contribution in [1.29, 1.82) is 0 Å². The summed E-state index contributed by atoms with van der Waals surface area (Å²) in [6.07, 6.45) is 0. The molecule has 66 valence electrons. The highest BCUT2D eigenvalue weighted by Crippen LogP contribution is 1.86. The van der Waals surface area contributed by atoms with Crippen molar-refractivity contribution >= 4 is 17.2 Å². The second kappa shape index (κ2) is 3.48. The number of carbonyl (C=O) groups excluding carboxylic acids is 1. The minimum atomic E-state index is -0.204. The normalized spacial score (nSPS) is 9.83. The Bertz CT molecular complexity index is 328. The molecule has 0 fully saturated rings. The Morgan fingerprint density at radius 1 is 1.75 bits per heavy atom. The summed E-state index contributed by atoms with van der Waals surface area (Å²) in [6, 6.07) is 0. The molecule has 0 bridgehead atoms. The van der Waals surface area contributed by atoms with Gasteiger partial charge >= 0.3 is 4.87 Å². The molecule has 1 aromatic heterocycles. The average Bonchev–Trinajstić information content (AvgIpc) is 2.36. The highest BCUT2D eigenvalue weighted by Gasteiger charge is 2.07. The van der Waals surface area contributed by atoms with E-state index in [0.29, 0.717) is 0 Å². The molecule has 0 atom stereocenters. The second-order valence-corrected chi connectivity index (χ2v) is 3.25. The van der Waals surface area contributed by atoms with Gasteiger partial charge in [0.05, 0.1) is 0 Å². The van der Waals surface area contributed by atoms with Crippen LogP contribution >= 0.6 is 11.3 Å². The van der Waals surface area contributed by atoms with Gasteiger partial charge in [-0.25, -0.2) is 4.68 Å². The van der Waals surface area contributed by atoms with E-state index in [9.17, 15) is 9.59 Å². The van der Waals surface area contributed by atoms with Gasteiger partial charge in [-0.05, 0) is 0 Å². The van der Waals surface area contributed by atoms with Crippen molar-refractivity contribution in [2.45, 2.75) is 6.54 Å². The zero-order valence-corrected chi connectivity index (χ0v) is 7.67. The van der Waals surface area contributed by atoms with Gasteiger partial charge in [-0.3, -0.25) is 9.59 Å². The van der Waals surface area contributed by atoms with Crippen molar-refractivity contribution in [3.8, 4) is 0 Å². The minimum Gasteiger partial charge on any atom is -0.347 e. The molecule has 0 radical (unpaired) electrons. The van der Waals surface area contributed by atoms with E-state index in [0.717, 1.165) is 16.0 Å². The van der Waals surface area contributed by atoms with E-state index in [1.807, 2.05) is 0 Å². The number of aromatic nitrogens is 2. The van der Waals surface area contributed by atoms with Gasteiger partial charge in [-0.2, -0.15) is 5.10 Å². The van der Waals surface area contributed by atoms with Crippen LogP contribution in [0.15, 0.2) is 10.3 Å². The minimum absolute atomic E-state index is 0.0231. The molecule has 12 heavy (non-hydrogen) atoms. The summed E-state index contributed by atoms with van der Waals surface area (Å²) < 4.78 is 1.15. The van der Waals surface area contributed by atoms with E-state index in [-0.39, 0.29) is 17.3 Å². The third-order valence-corrected chi connectivity index (χ3v) is 1.95.